The average molecular weight is 478 g/mol. The van der Waals surface area contributed by atoms with Crippen molar-refractivity contribution in [1.29, 1.82) is 0 Å². The van der Waals surface area contributed by atoms with Crippen molar-refractivity contribution >= 4 is 57.6 Å². The summed E-state index contributed by atoms with van der Waals surface area (Å²) in [6, 6.07) is 23.5. The van der Waals surface area contributed by atoms with Crippen LogP contribution in [-0.4, -0.2) is 17.3 Å². The van der Waals surface area contributed by atoms with Crippen molar-refractivity contribution in [2.75, 3.05) is 5.32 Å². The van der Waals surface area contributed by atoms with Gasteiger partial charge < -0.3 is 10.1 Å². The second-order valence-electron chi connectivity index (χ2n) is 6.93. The van der Waals surface area contributed by atoms with E-state index in [2.05, 4.69) is 15.8 Å². The Morgan fingerprint density at radius 1 is 0.970 bits per heavy atom. The highest BCUT2D eigenvalue weighted by molar-refractivity contribution is 7.80. The smallest absolute Gasteiger partial charge is 0.343 e. The summed E-state index contributed by atoms with van der Waals surface area (Å²) < 4.78 is 18.7. The molecule has 0 bridgehead atoms. The Bertz CT molecular complexity index is 1340. The van der Waals surface area contributed by atoms with Gasteiger partial charge in [-0.2, -0.15) is 5.10 Å². The van der Waals surface area contributed by atoms with Crippen LogP contribution in [0.2, 0.25) is 5.02 Å². The second kappa shape index (κ2) is 10.2. The number of nitrogens with one attached hydrogen (secondary N) is 2. The molecule has 4 rings (SSSR count). The first-order chi connectivity index (χ1) is 16.0. The highest BCUT2D eigenvalue weighted by Crippen LogP contribution is 2.27. The molecule has 0 aliphatic rings. The lowest BCUT2D eigenvalue weighted by molar-refractivity contribution is 0.0734. The molecule has 0 fully saturated rings. The maximum Gasteiger partial charge on any atom is 0.343 e. The molecule has 0 saturated heterocycles. The largest absolute Gasteiger partial charge is 0.422 e. The van der Waals surface area contributed by atoms with E-state index in [0.717, 1.165) is 10.8 Å². The standard InChI is InChI=1S/C25H17ClFN3O2S/c26-18-8-5-17(6-9-18)24(31)32-23-14-7-16-3-1-2-4-21(16)22(23)15-28-30-25(33)29-20-12-10-19(27)11-13-20/h1-15H,(H2,29,30,33)/b28-15+. The Morgan fingerprint density at radius 3 is 2.45 bits per heavy atom. The number of rotatable bonds is 5. The van der Waals surface area contributed by atoms with Crippen molar-refractivity contribution in [2.45, 2.75) is 0 Å². The maximum atomic E-state index is 13.1. The zero-order valence-corrected chi connectivity index (χ0v) is 18.7. The van der Waals surface area contributed by atoms with Gasteiger partial charge in [0.05, 0.1) is 11.8 Å². The minimum absolute atomic E-state index is 0.220. The van der Waals surface area contributed by atoms with Crippen molar-refractivity contribution in [1.82, 2.24) is 5.43 Å². The van der Waals surface area contributed by atoms with Gasteiger partial charge in [-0.05, 0) is 77.6 Å². The molecule has 0 saturated carbocycles. The number of anilines is 1. The first-order valence-corrected chi connectivity index (χ1v) is 10.6. The van der Waals surface area contributed by atoms with Gasteiger partial charge in [-0.1, -0.05) is 41.9 Å². The molecule has 0 amide bonds. The number of hydrogen-bond acceptors (Lipinski definition) is 4. The maximum absolute atomic E-state index is 13.1. The lowest BCUT2D eigenvalue weighted by Gasteiger charge is -2.11. The summed E-state index contributed by atoms with van der Waals surface area (Å²) in [7, 11) is 0. The molecule has 0 radical (unpaired) electrons. The number of hydrogen-bond donors (Lipinski definition) is 2. The van der Waals surface area contributed by atoms with Gasteiger partial charge in [-0.25, -0.2) is 9.18 Å². The van der Waals surface area contributed by atoms with E-state index in [4.69, 9.17) is 28.6 Å². The number of halogens is 2. The lowest BCUT2D eigenvalue weighted by atomic mass is 10.0. The molecule has 4 aromatic carbocycles. The van der Waals surface area contributed by atoms with Crippen LogP contribution in [0, 0.1) is 5.82 Å². The summed E-state index contributed by atoms with van der Waals surface area (Å²) >= 11 is 11.1. The van der Waals surface area contributed by atoms with Gasteiger partial charge in [0.2, 0.25) is 0 Å². The number of carbonyl (C=O) groups is 1. The number of esters is 1. The topological polar surface area (TPSA) is 62.7 Å². The van der Waals surface area contributed by atoms with E-state index < -0.39 is 5.97 Å². The number of hydrazone groups is 1. The fraction of sp³-hybridized carbons (Fsp3) is 0. The third kappa shape index (κ3) is 5.71. The highest BCUT2D eigenvalue weighted by atomic mass is 35.5. The Morgan fingerprint density at radius 2 is 1.70 bits per heavy atom. The Hall–Kier alpha value is -3.81. The van der Waals surface area contributed by atoms with Crippen LogP contribution in [-0.2, 0) is 0 Å². The average Bonchev–Trinajstić information content (AvgIpc) is 2.82. The molecule has 33 heavy (non-hydrogen) atoms. The van der Waals surface area contributed by atoms with Crippen LogP contribution in [0.1, 0.15) is 15.9 Å². The number of benzene rings is 4. The highest BCUT2D eigenvalue weighted by Gasteiger charge is 2.13. The molecule has 0 unspecified atom stereocenters. The third-order valence-corrected chi connectivity index (χ3v) is 5.12. The Balaban J connectivity index is 1.55. The van der Waals surface area contributed by atoms with Crippen LogP contribution < -0.4 is 15.5 Å². The van der Waals surface area contributed by atoms with E-state index in [1.807, 2.05) is 30.3 Å². The van der Waals surface area contributed by atoms with E-state index in [-0.39, 0.29) is 10.9 Å². The van der Waals surface area contributed by atoms with Gasteiger partial charge in [0.25, 0.3) is 0 Å². The number of carbonyl (C=O) groups excluding carboxylic acids is 1. The van der Waals surface area contributed by atoms with E-state index >= 15 is 0 Å². The second-order valence-corrected chi connectivity index (χ2v) is 7.77. The molecule has 0 spiro atoms. The van der Waals surface area contributed by atoms with Crippen LogP contribution in [0.15, 0.2) is 90.0 Å². The SMILES string of the molecule is O=C(Oc1ccc2ccccc2c1/C=N/NC(=S)Nc1ccc(F)cc1)c1ccc(Cl)cc1. The molecule has 0 aliphatic heterocycles. The van der Waals surface area contributed by atoms with Gasteiger partial charge in [-0.15, -0.1) is 0 Å². The van der Waals surface area contributed by atoms with E-state index in [1.54, 1.807) is 42.5 Å². The molecular formula is C25H17ClFN3O2S. The monoisotopic (exact) mass is 477 g/mol. The van der Waals surface area contributed by atoms with Crippen molar-refractivity contribution in [3.8, 4) is 5.75 Å². The normalized spacial score (nSPS) is 10.8. The van der Waals surface area contributed by atoms with Gasteiger partial charge in [0.15, 0.2) is 5.11 Å². The predicted molar refractivity (Wildman–Crippen MR) is 134 cm³/mol. The van der Waals surface area contributed by atoms with Crippen molar-refractivity contribution in [2.24, 2.45) is 5.10 Å². The minimum Gasteiger partial charge on any atom is -0.422 e. The van der Waals surface area contributed by atoms with E-state index in [0.29, 0.717) is 27.6 Å². The lowest BCUT2D eigenvalue weighted by Crippen LogP contribution is -2.23. The molecule has 164 valence electrons. The first kappa shape index (κ1) is 22.4. The quantitative estimate of drug-likeness (QED) is 0.118. The zero-order valence-electron chi connectivity index (χ0n) is 17.1. The zero-order chi connectivity index (χ0) is 23.2. The molecule has 0 aliphatic carbocycles. The summed E-state index contributed by atoms with van der Waals surface area (Å²) in [4.78, 5) is 12.6. The minimum atomic E-state index is -0.516. The molecule has 8 heteroatoms. The molecule has 0 aromatic heterocycles. The van der Waals surface area contributed by atoms with E-state index in [9.17, 15) is 9.18 Å². The predicted octanol–water partition coefficient (Wildman–Crippen LogP) is 6.17. The number of ether oxygens (including phenoxy) is 1. The van der Waals surface area contributed by atoms with Crippen molar-refractivity contribution in [3.63, 3.8) is 0 Å². The fourth-order valence-corrected chi connectivity index (χ4v) is 3.39. The molecule has 4 aromatic rings. The van der Waals surface area contributed by atoms with Gasteiger partial charge in [0.1, 0.15) is 11.6 Å². The van der Waals surface area contributed by atoms with Gasteiger partial charge in [0, 0.05) is 16.3 Å². The van der Waals surface area contributed by atoms with Gasteiger partial charge >= 0.3 is 5.97 Å². The molecule has 0 heterocycles. The summed E-state index contributed by atoms with van der Waals surface area (Å²) in [5, 5.41) is 9.66. The van der Waals surface area contributed by atoms with Crippen LogP contribution in [0.25, 0.3) is 10.8 Å². The van der Waals surface area contributed by atoms with Gasteiger partial charge in [-0.3, -0.25) is 5.43 Å². The molecule has 2 N–H and O–H groups in total. The Kier molecular flexibility index (Phi) is 6.92. The molecule has 5 nitrogen and oxygen atoms in total. The van der Waals surface area contributed by atoms with Crippen molar-refractivity contribution < 1.29 is 13.9 Å². The van der Waals surface area contributed by atoms with E-state index in [1.165, 1.54) is 18.3 Å². The van der Waals surface area contributed by atoms with Crippen LogP contribution in [0.5, 0.6) is 5.75 Å². The van der Waals surface area contributed by atoms with Crippen molar-refractivity contribution in [3.05, 3.63) is 107 Å². The molecule has 0 atom stereocenters. The van der Waals surface area contributed by atoms with Crippen LogP contribution in [0.3, 0.4) is 0 Å². The van der Waals surface area contributed by atoms with Crippen LogP contribution >= 0.6 is 23.8 Å². The number of thiocarbonyl (C=S) groups is 1. The Labute approximate surface area is 199 Å². The summed E-state index contributed by atoms with van der Waals surface area (Å²) in [5.41, 5.74) is 4.31. The first-order valence-electron chi connectivity index (χ1n) is 9.85. The molecular weight excluding hydrogens is 461 g/mol. The summed E-state index contributed by atoms with van der Waals surface area (Å²) in [5.74, 6) is -0.510. The number of fused-ring (bicyclic) bond motifs is 1. The summed E-state index contributed by atoms with van der Waals surface area (Å²) in [6.45, 7) is 0. The summed E-state index contributed by atoms with van der Waals surface area (Å²) in [6.07, 6.45) is 1.53. The number of nitrogens with zero attached hydrogens (tertiary/aromatic N) is 1. The fourth-order valence-electron chi connectivity index (χ4n) is 3.09. The third-order valence-electron chi connectivity index (χ3n) is 4.68. The van der Waals surface area contributed by atoms with Crippen LogP contribution in [0.4, 0.5) is 10.1 Å².